The molecule has 5 rings (SSSR count). The Morgan fingerprint density at radius 2 is 1.97 bits per heavy atom. The molecule has 0 radical (unpaired) electrons. The van der Waals surface area contributed by atoms with Crippen LogP contribution in [0.25, 0.3) is 10.9 Å². The molecular weight excluding hydrogens is 422 g/mol. The first-order valence-electron chi connectivity index (χ1n) is 10.8. The highest BCUT2D eigenvalue weighted by molar-refractivity contribution is 6.01. The summed E-state index contributed by atoms with van der Waals surface area (Å²) in [4.78, 5) is 35.0. The van der Waals surface area contributed by atoms with Crippen molar-refractivity contribution in [2.45, 2.75) is 25.9 Å². The van der Waals surface area contributed by atoms with Crippen molar-refractivity contribution < 1.29 is 13.6 Å². The van der Waals surface area contributed by atoms with Gasteiger partial charge in [0.15, 0.2) is 0 Å². The first-order chi connectivity index (χ1) is 16.1. The summed E-state index contributed by atoms with van der Waals surface area (Å²) in [6, 6.07) is 14.1. The molecular formula is C24H23N5O4. The van der Waals surface area contributed by atoms with Gasteiger partial charge in [0.25, 0.3) is 11.5 Å². The summed E-state index contributed by atoms with van der Waals surface area (Å²) in [7, 11) is 0. The van der Waals surface area contributed by atoms with Crippen molar-refractivity contribution in [2.75, 3.05) is 13.1 Å². The van der Waals surface area contributed by atoms with E-state index in [1.807, 2.05) is 30.0 Å². The maximum atomic E-state index is 13.3. The highest BCUT2D eigenvalue weighted by Gasteiger charge is 2.36. The highest BCUT2D eigenvalue weighted by atomic mass is 16.3. The average molecular weight is 445 g/mol. The van der Waals surface area contributed by atoms with Gasteiger partial charge in [-0.3, -0.25) is 14.5 Å². The van der Waals surface area contributed by atoms with E-state index < -0.39 is 0 Å². The summed E-state index contributed by atoms with van der Waals surface area (Å²) in [5.41, 5.74) is 1.13. The zero-order chi connectivity index (χ0) is 22.8. The molecule has 1 N–H and O–H groups in total. The number of carbonyl (C=O) groups is 1. The minimum atomic E-state index is -0.343. The van der Waals surface area contributed by atoms with E-state index in [-0.39, 0.29) is 24.1 Å². The fourth-order valence-corrected chi connectivity index (χ4v) is 4.00. The van der Waals surface area contributed by atoms with E-state index in [0.29, 0.717) is 53.5 Å². The summed E-state index contributed by atoms with van der Waals surface area (Å²) in [6.45, 7) is 2.99. The Morgan fingerprint density at radius 3 is 2.73 bits per heavy atom. The lowest BCUT2D eigenvalue weighted by atomic mass is 10.1. The minimum absolute atomic E-state index is 0.110. The van der Waals surface area contributed by atoms with Crippen LogP contribution in [0.5, 0.6) is 0 Å². The summed E-state index contributed by atoms with van der Waals surface area (Å²) in [6.07, 6.45) is 3.67. The average Bonchev–Trinajstić information content (AvgIpc) is 3.59. The van der Waals surface area contributed by atoms with Gasteiger partial charge in [-0.2, -0.15) is 5.10 Å². The number of para-hydroxylation sites is 1. The second-order valence-electron chi connectivity index (χ2n) is 7.83. The van der Waals surface area contributed by atoms with Crippen LogP contribution in [0.2, 0.25) is 0 Å². The lowest BCUT2D eigenvalue weighted by molar-refractivity contribution is -0.134. The molecule has 1 unspecified atom stereocenters. The number of carbonyl (C=O) groups excluding carboxylic acids is 1. The van der Waals surface area contributed by atoms with Crippen LogP contribution in [0.15, 0.2) is 79.8 Å². The van der Waals surface area contributed by atoms with Crippen LogP contribution in [0, 0.1) is 0 Å². The zero-order valence-electron chi connectivity index (χ0n) is 18.1. The van der Waals surface area contributed by atoms with Gasteiger partial charge in [0.2, 0.25) is 0 Å². The van der Waals surface area contributed by atoms with Gasteiger partial charge in [-0.25, -0.2) is 9.99 Å². The van der Waals surface area contributed by atoms with Gasteiger partial charge in [-0.05, 0) is 42.9 Å². The quantitative estimate of drug-likeness (QED) is 0.468. The number of rotatable bonds is 7. The van der Waals surface area contributed by atoms with Crippen LogP contribution in [0.1, 0.15) is 36.7 Å². The summed E-state index contributed by atoms with van der Waals surface area (Å²) >= 11 is 0. The van der Waals surface area contributed by atoms with Crippen LogP contribution in [-0.2, 0) is 11.3 Å². The normalized spacial score (nSPS) is 16.0. The molecule has 1 aliphatic heterocycles. The number of likely N-dealkylation sites (N-methyl/N-ethyl adjacent to an activating group) is 1. The second-order valence-corrected chi connectivity index (χ2v) is 7.83. The van der Waals surface area contributed by atoms with Gasteiger partial charge < -0.3 is 13.8 Å². The monoisotopic (exact) mass is 445 g/mol. The fourth-order valence-electron chi connectivity index (χ4n) is 4.00. The lowest BCUT2D eigenvalue weighted by Crippen LogP contribution is -2.38. The van der Waals surface area contributed by atoms with Crippen LogP contribution in [-0.4, -0.2) is 44.6 Å². The minimum Gasteiger partial charge on any atom is -0.467 e. The zero-order valence-corrected chi connectivity index (χ0v) is 18.1. The summed E-state index contributed by atoms with van der Waals surface area (Å²) < 4.78 is 11.1. The van der Waals surface area contributed by atoms with Crippen molar-refractivity contribution in [3.05, 3.63) is 88.8 Å². The van der Waals surface area contributed by atoms with E-state index in [1.54, 1.807) is 42.9 Å². The van der Waals surface area contributed by atoms with Crippen LogP contribution in [0.4, 0.5) is 0 Å². The molecule has 33 heavy (non-hydrogen) atoms. The number of benzene rings is 1. The molecule has 9 nitrogen and oxygen atoms in total. The maximum absolute atomic E-state index is 13.3. The van der Waals surface area contributed by atoms with Crippen LogP contribution >= 0.6 is 0 Å². The van der Waals surface area contributed by atoms with Crippen molar-refractivity contribution in [1.29, 1.82) is 0 Å². The molecule has 4 heterocycles. The number of aromatic nitrogens is 2. The van der Waals surface area contributed by atoms with E-state index >= 15 is 0 Å². The third kappa shape index (κ3) is 4.22. The van der Waals surface area contributed by atoms with E-state index in [4.69, 9.17) is 8.83 Å². The number of furan rings is 2. The molecule has 9 heteroatoms. The third-order valence-electron chi connectivity index (χ3n) is 5.68. The van der Waals surface area contributed by atoms with Crippen LogP contribution in [0.3, 0.4) is 0 Å². The van der Waals surface area contributed by atoms with Crippen molar-refractivity contribution in [2.24, 2.45) is 5.10 Å². The smallest absolute Gasteiger partial charge is 0.258 e. The molecule has 0 fully saturated rings. The highest BCUT2D eigenvalue weighted by Crippen LogP contribution is 2.33. The number of aromatic amines is 1. The van der Waals surface area contributed by atoms with E-state index in [2.05, 4.69) is 15.1 Å². The van der Waals surface area contributed by atoms with E-state index in [9.17, 15) is 9.59 Å². The van der Waals surface area contributed by atoms with Crippen molar-refractivity contribution in [1.82, 2.24) is 19.9 Å². The maximum Gasteiger partial charge on any atom is 0.258 e. The van der Waals surface area contributed by atoms with Gasteiger partial charge in [0, 0.05) is 6.42 Å². The molecule has 0 saturated carbocycles. The fraction of sp³-hybridized carbons (Fsp3) is 0.250. The molecule has 0 spiro atoms. The van der Waals surface area contributed by atoms with E-state index in [1.165, 1.54) is 5.01 Å². The van der Waals surface area contributed by atoms with Crippen molar-refractivity contribution in [3.8, 4) is 0 Å². The Balaban J connectivity index is 1.36. The first kappa shape index (κ1) is 20.9. The topological polar surface area (TPSA) is 108 Å². The predicted molar refractivity (Wildman–Crippen MR) is 121 cm³/mol. The largest absolute Gasteiger partial charge is 0.467 e. The van der Waals surface area contributed by atoms with E-state index in [0.717, 1.165) is 0 Å². The van der Waals surface area contributed by atoms with Crippen molar-refractivity contribution >= 4 is 22.5 Å². The third-order valence-corrected chi connectivity index (χ3v) is 5.68. The molecule has 0 bridgehead atoms. The molecule has 1 aromatic carbocycles. The predicted octanol–water partition coefficient (Wildman–Crippen LogP) is 3.31. The van der Waals surface area contributed by atoms with Gasteiger partial charge >= 0.3 is 0 Å². The summed E-state index contributed by atoms with van der Waals surface area (Å²) in [5.74, 6) is 1.63. The SMILES string of the molecule is CCN(CC(=O)N1N=C(c2ccco2)CC1c1ccco1)Cc1nc2ccccc2c(=O)[nH]1. The van der Waals surface area contributed by atoms with Crippen LogP contribution < -0.4 is 5.56 Å². The van der Waals surface area contributed by atoms with Crippen molar-refractivity contribution in [3.63, 3.8) is 0 Å². The number of nitrogens with zero attached hydrogens (tertiary/aromatic N) is 4. The molecule has 1 aliphatic rings. The Bertz CT molecular complexity index is 1340. The molecule has 168 valence electrons. The molecule has 1 amide bonds. The summed E-state index contributed by atoms with van der Waals surface area (Å²) in [5, 5.41) is 6.57. The molecule has 4 aromatic rings. The second kappa shape index (κ2) is 8.87. The Kier molecular flexibility index (Phi) is 5.62. The lowest BCUT2D eigenvalue weighted by Gasteiger charge is -2.24. The number of H-pyrrole nitrogens is 1. The van der Waals surface area contributed by atoms with Gasteiger partial charge in [-0.15, -0.1) is 0 Å². The number of hydrogen-bond donors (Lipinski definition) is 1. The molecule has 1 atom stereocenters. The number of hydrogen-bond acceptors (Lipinski definition) is 7. The number of amides is 1. The molecule has 0 aliphatic carbocycles. The number of nitrogens with one attached hydrogen (secondary N) is 1. The molecule has 3 aromatic heterocycles. The van der Waals surface area contributed by atoms with Gasteiger partial charge in [-0.1, -0.05) is 19.1 Å². The standard InChI is InChI=1S/C24H23N5O4/c1-2-28(14-22-25-17-8-4-3-7-16(17)24(31)26-22)15-23(30)29-19(21-10-6-12-33-21)13-18(27-29)20-9-5-11-32-20/h3-12,19H,2,13-15H2,1H3,(H,25,26,31). The number of hydrazone groups is 1. The Hall–Kier alpha value is -3.98. The first-order valence-corrected chi connectivity index (χ1v) is 10.8. The Labute approximate surface area is 189 Å². The number of fused-ring (bicyclic) bond motifs is 1. The Morgan fingerprint density at radius 1 is 1.15 bits per heavy atom. The van der Waals surface area contributed by atoms with Gasteiger partial charge in [0.05, 0.1) is 36.5 Å². The van der Waals surface area contributed by atoms with Gasteiger partial charge in [0.1, 0.15) is 29.1 Å². The molecule has 0 saturated heterocycles.